The maximum absolute atomic E-state index is 10.8. The van der Waals surface area contributed by atoms with E-state index < -0.39 is 0 Å². The Kier molecular flexibility index (Phi) is 2.54. The zero-order valence-corrected chi connectivity index (χ0v) is 7.06. The molecule has 0 aliphatic carbocycles. The molecule has 0 heterocycles. The number of Topliss-reactive ketones (excluding diaryl/α,β-unsaturated/α-hetero) is 1. The molecular weight excluding hydrogens is 158 g/mol. The first-order valence-electron chi connectivity index (χ1n) is 3.25. The lowest BCUT2D eigenvalue weighted by Gasteiger charge is -1.98. The van der Waals surface area contributed by atoms with Gasteiger partial charge in [-0.2, -0.15) is 0 Å². The van der Waals surface area contributed by atoms with E-state index in [1.807, 2.05) is 12.1 Å². The molecule has 2 nitrogen and oxygen atoms in total. The molecule has 0 atom stereocenters. The minimum Gasteiger partial charge on any atom is -0.332 e. The molecule has 0 amide bonds. The molecule has 0 radical (unpaired) electrons. The molecule has 0 fully saturated rings. The normalized spacial score (nSPS) is 9.27. The average molecular weight is 167 g/mol. The van der Waals surface area contributed by atoms with Crippen molar-refractivity contribution in [2.45, 2.75) is 6.92 Å². The molecule has 0 spiro atoms. The van der Waals surface area contributed by atoms with E-state index in [0.717, 1.165) is 11.3 Å². The molecule has 1 aromatic carbocycles. The van der Waals surface area contributed by atoms with Crippen molar-refractivity contribution in [1.82, 2.24) is 0 Å². The van der Waals surface area contributed by atoms with E-state index in [0.29, 0.717) is 0 Å². The Labute approximate surface area is 71.2 Å². The Bertz CT molecular complexity index is 255. The number of benzene rings is 1. The molecule has 0 aliphatic heterocycles. The summed E-state index contributed by atoms with van der Waals surface area (Å²) in [4.78, 5) is 10.8. The highest BCUT2D eigenvalue weighted by atomic mass is 32.1. The molecule has 1 rings (SSSR count). The van der Waals surface area contributed by atoms with Gasteiger partial charge in [0.05, 0.1) is 0 Å². The topological polar surface area (TPSA) is 29.1 Å². The zero-order chi connectivity index (χ0) is 8.27. The summed E-state index contributed by atoms with van der Waals surface area (Å²) in [5.41, 5.74) is 1.61. The summed E-state index contributed by atoms with van der Waals surface area (Å²) in [5, 5.41) is 0. The van der Waals surface area contributed by atoms with Crippen molar-refractivity contribution in [2.75, 3.05) is 4.72 Å². The number of carbonyl (C=O) groups is 1. The molecular formula is C8H9NOS. The van der Waals surface area contributed by atoms with Gasteiger partial charge in [0.1, 0.15) is 0 Å². The van der Waals surface area contributed by atoms with Gasteiger partial charge in [-0.15, -0.1) is 0 Å². The minimum absolute atomic E-state index is 0.0794. The SMILES string of the molecule is CC(=O)c1ccc(NS)cc1. The first kappa shape index (κ1) is 8.14. The third kappa shape index (κ3) is 1.98. The van der Waals surface area contributed by atoms with E-state index in [1.54, 1.807) is 19.1 Å². The molecule has 0 aliphatic rings. The monoisotopic (exact) mass is 167 g/mol. The fourth-order valence-corrected chi connectivity index (χ4v) is 0.929. The van der Waals surface area contributed by atoms with Crippen molar-refractivity contribution in [1.29, 1.82) is 0 Å². The van der Waals surface area contributed by atoms with Gasteiger partial charge in [0.25, 0.3) is 0 Å². The minimum atomic E-state index is 0.0794. The summed E-state index contributed by atoms with van der Waals surface area (Å²) in [6.45, 7) is 1.54. The molecule has 0 saturated carbocycles. The summed E-state index contributed by atoms with van der Waals surface area (Å²) in [7, 11) is 0. The standard InChI is InChI=1S/C8H9NOS/c1-6(10)7-2-4-8(9-11)5-3-7/h2-5,9,11H,1H3. The molecule has 0 aromatic heterocycles. The van der Waals surface area contributed by atoms with Crippen LogP contribution in [0.1, 0.15) is 17.3 Å². The van der Waals surface area contributed by atoms with Gasteiger partial charge >= 0.3 is 0 Å². The van der Waals surface area contributed by atoms with E-state index >= 15 is 0 Å². The van der Waals surface area contributed by atoms with E-state index in [9.17, 15) is 4.79 Å². The third-order valence-corrected chi connectivity index (χ3v) is 1.68. The van der Waals surface area contributed by atoms with Crippen molar-refractivity contribution in [2.24, 2.45) is 0 Å². The van der Waals surface area contributed by atoms with Crippen LogP contribution in [-0.2, 0) is 0 Å². The summed E-state index contributed by atoms with van der Waals surface area (Å²) in [5.74, 6) is 0.0794. The molecule has 1 N–H and O–H groups in total. The lowest BCUT2D eigenvalue weighted by Crippen LogP contribution is -1.90. The maximum Gasteiger partial charge on any atom is 0.159 e. The van der Waals surface area contributed by atoms with Crippen LogP contribution < -0.4 is 4.72 Å². The number of ketones is 1. The van der Waals surface area contributed by atoms with E-state index in [4.69, 9.17) is 0 Å². The van der Waals surface area contributed by atoms with Crippen LogP contribution in [0, 0.1) is 0 Å². The fourth-order valence-electron chi connectivity index (χ4n) is 0.779. The van der Waals surface area contributed by atoms with E-state index in [-0.39, 0.29) is 5.78 Å². The number of thiol groups is 1. The van der Waals surface area contributed by atoms with Gasteiger partial charge in [-0.1, -0.05) is 12.8 Å². The van der Waals surface area contributed by atoms with Crippen LogP contribution >= 0.6 is 12.8 Å². The highest BCUT2D eigenvalue weighted by molar-refractivity contribution is 7.81. The quantitative estimate of drug-likeness (QED) is 0.522. The zero-order valence-electron chi connectivity index (χ0n) is 6.16. The predicted molar refractivity (Wildman–Crippen MR) is 49.1 cm³/mol. The van der Waals surface area contributed by atoms with Gasteiger partial charge in [0.15, 0.2) is 5.78 Å². The largest absolute Gasteiger partial charge is 0.332 e. The van der Waals surface area contributed by atoms with Crippen LogP contribution in [0.2, 0.25) is 0 Å². The molecule has 11 heavy (non-hydrogen) atoms. The highest BCUT2D eigenvalue weighted by Gasteiger charge is 1.96. The molecule has 0 unspecified atom stereocenters. The van der Waals surface area contributed by atoms with Crippen LogP contribution in [0.5, 0.6) is 0 Å². The molecule has 0 bridgehead atoms. The number of carbonyl (C=O) groups excluding carboxylic acids is 1. The van der Waals surface area contributed by atoms with Gasteiger partial charge in [-0.05, 0) is 31.2 Å². The van der Waals surface area contributed by atoms with E-state index in [2.05, 4.69) is 17.5 Å². The van der Waals surface area contributed by atoms with Crippen LogP contribution in [0.25, 0.3) is 0 Å². The van der Waals surface area contributed by atoms with Gasteiger partial charge < -0.3 is 4.72 Å². The number of nitrogens with one attached hydrogen (secondary N) is 1. The number of hydrogen-bond acceptors (Lipinski definition) is 3. The summed E-state index contributed by atoms with van der Waals surface area (Å²) < 4.78 is 2.68. The Hall–Kier alpha value is -0.960. The van der Waals surface area contributed by atoms with Gasteiger partial charge in [-0.3, -0.25) is 4.79 Å². The second-order valence-electron chi connectivity index (χ2n) is 2.25. The first-order valence-corrected chi connectivity index (χ1v) is 3.70. The van der Waals surface area contributed by atoms with Crippen LogP contribution in [0.3, 0.4) is 0 Å². The van der Waals surface area contributed by atoms with Crippen molar-refractivity contribution in [3.8, 4) is 0 Å². The lowest BCUT2D eigenvalue weighted by atomic mass is 10.1. The number of hydrogen-bond donors (Lipinski definition) is 2. The Morgan fingerprint density at radius 2 is 1.91 bits per heavy atom. The number of anilines is 1. The predicted octanol–water partition coefficient (Wildman–Crippen LogP) is 2.15. The van der Waals surface area contributed by atoms with E-state index in [1.165, 1.54) is 0 Å². The van der Waals surface area contributed by atoms with Crippen LogP contribution in [0.15, 0.2) is 24.3 Å². The Morgan fingerprint density at radius 3 is 2.27 bits per heavy atom. The smallest absolute Gasteiger partial charge is 0.159 e. The van der Waals surface area contributed by atoms with Crippen molar-refractivity contribution >= 4 is 24.3 Å². The summed E-state index contributed by atoms with van der Waals surface area (Å²) in [6.07, 6.45) is 0. The Morgan fingerprint density at radius 1 is 1.36 bits per heavy atom. The van der Waals surface area contributed by atoms with Crippen LogP contribution in [-0.4, -0.2) is 5.78 Å². The fraction of sp³-hybridized carbons (Fsp3) is 0.125. The van der Waals surface area contributed by atoms with Gasteiger partial charge in [-0.25, -0.2) is 0 Å². The third-order valence-electron chi connectivity index (χ3n) is 1.42. The van der Waals surface area contributed by atoms with Gasteiger partial charge in [0, 0.05) is 11.3 Å². The second kappa shape index (κ2) is 3.44. The van der Waals surface area contributed by atoms with Crippen molar-refractivity contribution < 1.29 is 4.79 Å². The van der Waals surface area contributed by atoms with Gasteiger partial charge in [0.2, 0.25) is 0 Å². The Balaban J connectivity index is 2.91. The second-order valence-corrected chi connectivity index (χ2v) is 2.47. The molecule has 58 valence electrons. The summed E-state index contributed by atoms with van der Waals surface area (Å²) >= 11 is 3.86. The number of rotatable bonds is 2. The molecule has 0 saturated heterocycles. The molecule has 3 heteroatoms. The summed E-state index contributed by atoms with van der Waals surface area (Å²) in [6, 6.07) is 7.15. The highest BCUT2D eigenvalue weighted by Crippen LogP contribution is 2.09. The molecule has 1 aromatic rings. The van der Waals surface area contributed by atoms with Crippen LogP contribution in [0.4, 0.5) is 5.69 Å². The first-order chi connectivity index (χ1) is 5.24. The maximum atomic E-state index is 10.8. The average Bonchev–Trinajstić information content (AvgIpc) is 2.05. The van der Waals surface area contributed by atoms with Crippen molar-refractivity contribution in [3.05, 3.63) is 29.8 Å². The van der Waals surface area contributed by atoms with Crippen molar-refractivity contribution in [3.63, 3.8) is 0 Å². The lowest BCUT2D eigenvalue weighted by molar-refractivity contribution is 0.101.